The number of fused-ring (bicyclic) bond motifs is 5. The number of aryl methyl sites for hydroxylation is 1. The van der Waals surface area contributed by atoms with Crippen LogP contribution in [-0.4, -0.2) is 118 Å². The van der Waals surface area contributed by atoms with Crippen LogP contribution >= 0.6 is 11.6 Å². The molecule has 2 bridgehead atoms. The molecule has 2 aromatic carbocycles. The summed E-state index contributed by atoms with van der Waals surface area (Å²) in [6, 6.07) is 12.0. The van der Waals surface area contributed by atoms with Crippen molar-refractivity contribution in [3.63, 3.8) is 0 Å². The highest BCUT2D eigenvalue weighted by molar-refractivity contribution is 7.90. The quantitative estimate of drug-likeness (QED) is 0.343. The number of sulfonamides is 1. The lowest BCUT2D eigenvalue weighted by atomic mass is 9.65. The van der Waals surface area contributed by atoms with Gasteiger partial charge in [-0.1, -0.05) is 31.0 Å². The van der Waals surface area contributed by atoms with E-state index in [1.807, 2.05) is 50.8 Å². The van der Waals surface area contributed by atoms with E-state index in [2.05, 4.69) is 31.6 Å². The van der Waals surface area contributed by atoms with E-state index in [1.165, 1.54) is 17.5 Å². The average Bonchev–Trinajstić information content (AvgIpc) is 3.31. The van der Waals surface area contributed by atoms with Gasteiger partial charge >= 0.3 is 6.09 Å². The predicted octanol–water partition coefficient (Wildman–Crippen LogP) is 6.96. The standard InChI is InChI=1S/C45H64ClN5O6S/c1-30-8-6-9-34(24-48-18-19-49-20-21-50(27-37(49)26-48)43(53)57-44(3,4)5)38-14-11-35(38)25-51-28-45(17-7-10-32-22-36(46)13-15-39(32)45)29-56-41-16-12-33(23-40(41)51)42(52)47-58(54,55)31(30)2/h12-13,15-16,22-23,30-31,34-35,37-38H,6-11,14,17-21,24-29H2,1-5H3,(H,47,52)/t30-,31+,34+,35-,37-,38-,45-/m0/s1. The van der Waals surface area contributed by atoms with Crippen LogP contribution in [0, 0.1) is 23.7 Å². The Kier molecular flexibility index (Phi) is 11.8. The second-order valence-corrected chi connectivity index (χ2v) is 22.0. The summed E-state index contributed by atoms with van der Waals surface area (Å²) < 4.78 is 42.3. The van der Waals surface area contributed by atoms with Crippen molar-refractivity contribution >= 4 is 39.3 Å². The molecule has 1 spiro atoms. The van der Waals surface area contributed by atoms with Gasteiger partial charge in [-0.3, -0.25) is 9.69 Å². The van der Waals surface area contributed by atoms with Crippen LogP contribution in [0.15, 0.2) is 36.4 Å². The fraction of sp³-hybridized carbons (Fsp3) is 0.689. The Bertz CT molecular complexity index is 1970. The Morgan fingerprint density at radius 3 is 2.57 bits per heavy atom. The van der Waals surface area contributed by atoms with Gasteiger partial charge in [0.15, 0.2) is 0 Å². The number of nitrogens with zero attached hydrogens (tertiary/aromatic N) is 4. The number of benzene rings is 2. The first-order valence-electron chi connectivity index (χ1n) is 21.9. The largest absolute Gasteiger partial charge is 0.490 e. The van der Waals surface area contributed by atoms with Gasteiger partial charge in [0.2, 0.25) is 10.0 Å². The molecule has 4 aliphatic heterocycles. The molecule has 8 rings (SSSR count). The smallest absolute Gasteiger partial charge is 0.410 e. The van der Waals surface area contributed by atoms with E-state index in [-0.39, 0.29) is 23.5 Å². The third-order valence-electron chi connectivity index (χ3n) is 14.5. The number of ether oxygens (including phenoxy) is 2. The Hall–Kier alpha value is -3.06. The molecule has 0 aromatic heterocycles. The molecule has 2 amide bonds. The minimum absolute atomic E-state index is 0.110. The maximum atomic E-state index is 13.7. The Morgan fingerprint density at radius 2 is 1.79 bits per heavy atom. The van der Waals surface area contributed by atoms with Crippen LogP contribution in [0.3, 0.4) is 0 Å². The lowest BCUT2D eigenvalue weighted by Gasteiger charge is -2.50. The van der Waals surface area contributed by atoms with Gasteiger partial charge in [0.1, 0.15) is 11.4 Å². The van der Waals surface area contributed by atoms with Crippen molar-refractivity contribution in [2.24, 2.45) is 23.7 Å². The number of nitrogens with one attached hydrogen (secondary N) is 1. The number of halogens is 1. The monoisotopic (exact) mass is 837 g/mol. The summed E-state index contributed by atoms with van der Waals surface area (Å²) in [5, 5.41) is 0.0357. The zero-order valence-corrected chi connectivity index (χ0v) is 36.8. The number of rotatable bonds is 2. The van der Waals surface area contributed by atoms with E-state index in [1.54, 1.807) is 13.0 Å². The molecule has 0 radical (unpaired) electrons. The predicted molar refractivity (Wildman–Crippen MR) is 228 cm³/mol. The second kappa shape index (κ2) is 16.4. The Morgan fingerprint density at radius 1 is 0.983 bits per heavy atom. The van der Waals surface area contributed by atoms with Crippen molar-refractivity contribution in [3.05, 3.63) is 58.1 Å². The number of hydrogen-bond donors (Lipinski definition) is 1. The molecular formula is C45H64ClN5O6S. The summed E-state index contributed by atoms with van der Waals surface area (Å²) in [4.78, 5) is 36.3. The van der Waals surface area contributed by atoms with Gasteiger partial charge in [-0.2, -0.15) is 0 Å². The molecule has 6 aliphatic rings. The van der Waals surface area contributed by atoms with E-state index in [0.29, 0.717) is 43.0 Å². The van der Waals surface area contributed by atoms with E-state index in [4.69, 9.17) is 21.1 Å². The first kappa shape index (κ1) is 41.7. The van der Waals surface area contributed by atoms with Crippen LogP contribution in [0.4, 0.5) is 10.5 Å². The normalized spacial score (nSPS) is 32.1. The molecule has 7 atom stereocenters. The molecule has 11 nitrogen and oxygen atoms in total. The molecule has 1 saturated carbocycles. The molecule has 2 aliphatic carbocycles. The number of anilines is 1. The molecule has 3 fully saturated rings. The van der Waals surface area contributed by atoms with E-state index in [9.17, 15) is 18.0 Å². The summed E-state index contributed by atoms with van der Waals surface area (Å²) in [5.74, 6) is 1.49. The van der Waals surface area contributed by atoms with Crippen LogP contribution in [0.1, 0.15) is 101 Å². The Labute approximate surface area is 351 Å². The van der Waals surface area contributed by atoms with Crippen molar-refractivity contribution in [1.29, 1.82) is 0 Å². The summed E-state index contributed by atoms with van der Waals surface area (Å²) in [6.45, 7) is 17.8. The molecule has 4 heterocycles. The number of hydrogen-bond acceptors (Lipinski definition) is 9. The molecular weight excluding hydrogens is 774 g/mol. The lowest BCUT2D eigenvalue weighted by Crippen LogP contribution is -2.63. The number of carbonyl (C=O) groups is 2. The van der Waals surface area contributed by atoms with Crippen LogP contribution in [0.2, 0.25) is 5.02 Å². The Balaban J connectivity index is 1.08. The average molecular weight is 839 g/mol. The van der Waals surface area contributed by atoms with Crippen molar-refractivity contribution in [3.8, 4) is 5.75 Å². The van der Waals surface area contributed by atoms with Crippen LogP contribution < -0.4 is 14.4 Å². The topological polar surface area (TPSA) is 112 Å². The van der Waals surface area contributed by atoms with Crippen molar-refractivity contribution in [2.45, 2.75) is 108 Å². The fourth-order valence-electron chi connectivity index (χ4n) is 11.0. The van der Waals surface area contributed by atoms with Gasteiger partial charge in [-0.25, -0.2) is 17.9 Å². The maximum absolute atomic E-state index is 13.7. The molecule has 318 valence electrons. The number of piperazine rings is 2. The first-order valence-corrected chi connectivity index (χ1v) is 23.8. The molecule has 2 saturated heterocycles. The van der Waals surface area contributed by atoms with Crippen molar-refractivity contribution in [1.82, 2.24) is 19.4 Å². The summed E-state index contributed by atoms with van der Waals surface area (Å²) in [6.07, 6.45) is 7.87. The van der Waals surface area contributed by atoms with Crippen LogP contribution in [0.25, 0.3) is 0 Å². The van der Waals surface area contributed by atoms with Gasteiger partial charge in [0, 0.05) is 80.9 Å². The van der Waals surface area contributed by atoms with Crippen molar-refractivity contribution < 1.29 is 27.5 Å². The van der Waals surface area contributed by atoms with Gasteiger partial charge < -0.3 is 24.2 Å². The number of amides is 2. The minimum atomic E-state index is -3.92. The summed E-state index contributed by atoms with van der Waals surface area (Å²) in [5.41, 5.74) is 2.99. The molecule has 2 aromatic rings. The third kappa shape index (κ3) is 8.73. The van der Waals surface area contributed by atoms with Gasteiger partial charge in [0.25, 0.3) is 5.91 Å². The van der Waals surface area contributed by atoms with Gasteiger partial charge in [-0.15, -0.1) is 0 Å². The van der Waals surface area contributed by atoms with E-state index < -0.39 is 26.8 Å². The molecule has 1 N–H and O–H groups in total. The molecule has 13 heteroatoms. The van der Waals surface area contributed by atoms with Gasteiger partial charge in [0.05, 0.1) is 17.5 Å². The first-order chi connectivity index (χ1) is 27.6. The second-order valence-electron chi connectivity index (χ2n) is 19.5. The zero-order valence-electron chi connectivity index (χ0n) is 35.2. The highest BCUT2D eigenvalue weighted by atomic mass is 35.5. The molecule has 58 heavy (non-hydrogen) atoms. The molecule has 0 unspecified atom stereocenters. The van der Waals surface area contributed by atoms with E-state index >= 15 is 0 Å². The third-order valence-corrected chi connectivity index (χ3v) is 16.7. The highest BCUT2D eigenvalue weighted by Crippen LogP contribution is 2.48. The zero-order chi connectivity index (χ0) is 41.0. The SMILES string of the molecule is C[C@@H]1[C@@H](C)CCC[C@H](CN2CCN3CCN(C(=O)OC(C)(C)C)C[C@@H]3C2)[C@@H]2CC[C@H]2CN2C[C@@]3(CCCc4cc(Cl)ccc43)COc3ccc(cc32)C(=O)NS1(=O)=O. The highest BCUT2D eigenvalue weighted by Gasteiger charge is 2.45. The summed E-state index contributed by atoms with van der Waals surface area (Å²) >= 11 is 6.52. The summed E-state index contributed by atoms with van der Waals surface area (Å²) in [7, 11) is -3.92. The van der Waals surface area contributed by atoms with E-state index in [0.717, 1.165) is 107 Å². The maximum Gasteiger partial charge on any atom is 0.410 e. The fourth-order valence-corrected chi connectivity index (χ4v) is 12.5. The lowest BCUT2D eigenvalue weighted by molar-refractivity contribution is -0.0225. The number of carbonyl (C=O) groups excluding carboxylic acids is 2. The van der Waals surface area contributed by atoms with Crippen LogP contribution in [0.5, 0.6) is 5.75 Å². The van der Waals surface area contributed by atoms with Crippen LogP contribution in [-0.2, 0) is 26.6 Å². The van der Waals surface area contributed by atoms with Crippen molar-refractivity contribution in [2.75, 3.05) is 70.4 Å². The van der Waals surface area contributed by atoms with Gasteiger partial charge in [-0.05, 0) is 138 Å². The minimum Gasteiger partial charge on any atom is -0.490 e.